The van der Waals surface area contributed by atoms with Crippen LogP contribution in [0.5, 0.6) is 17.2 Å². The van der Waals surface area contributed by atoms with E-state index in [-0.39, 0.29) is 30.7 Å². The molecular formula is C38H50O7. The molecule has 0 radical (unpaired) electrons. The van der Waals surface area contributed by atoms with Gasteiger partial charge in [-0.2, -0.15) is 0 Å². The number of hydrogen-bond donors (Lipinski definition) is 4. The zero-order valence-electron chi connectivity index (χ0n) is 28.3. The molecule has 2 bridgehead atoms. The highest BCUT2D eigenvalue weighted by molar-refractivity contribution is 6.41. The van der Waals surface area contributed by atoms with E-state index in [0.717, 1.165) is 34.4 Å². The number of fused-ring (bicyclic) bond motifs is 2. The number of Topliss-reactive ketones (excluding diaryl/α,β-unsaturated/α-hetero) is 3. The first-order valence-electron chi connectivity index (χ1n) is 15.7. The van der Waals surface area contributed by atoms with Crippen LogP contribution in [0.25, 0.3) is 5.76 Å². The first-order valence-corrected chi connectivity index (χ1v) is 15.7. The molecule has 0 aromatic heterocycles. The summed E-state index contributed by atoms with van der Waals surface area (Å²) in [5.41, 5.74) is -1.14. The molecule has 2 saturated carbocycles. The Labute approximate surface area is 267 Å². The summed E-state index contributed by atoms with van der Waals surface area (Å²) in [6.45, 7) is 17.6. The lowest BCUT2D eigenvalue weighted by Gasteiger charge is -2.61. The zero-order chi connectivity index (χ0) is 34.1. The summed E-state index contributed by atoms with van der Waals surface area (Å²) in [6, 6.07) is 1.75. The molecule has 4 N–H and O–H groups in total. The normalized spacial score (nSPS) is 27.0. The maximum Gasteiger partial charge on any atom is 0.184 e. The van der Waals surface area contributed by atoms with E-state index in [1.807, 2.05) is 74.5 Å². The third kappa shape index (κ3) is 6.31. The molecule has 2 aliphatic rings. The zero-order valence-corrected chi connectivity index (χ0v) is 28.3. The van der Waals surface area contributed by atoms with Crippen LogP contribution in [-0.2, 0) is 14.4 Å². The van der Waals surface area contributed by atoms with Gasteiger partial charge in [0, 0.05) is 6.07 Å². The van der Waals surface area contributed by atoms with E-state index in [4.69, 9.17) is 0 Å². The molecule has 0 amide bonds. The molecule has 244 valence electrons. The third-order valence-electron chi connectivity index (χ3n) is 9.86. The molecule has 0 unspecified atom stereocenters. The Morgan fingerprint density at radius 3 is 1.84 bits per heavy atom. The molecule has 2 fully saturated rings. The summed E-state index contributed by atoms with van der Waals surface area (Å²) in [5, 5.41) is 42.5. The first-order chi connectivity index (χ1) is 20.9. The van der Waals surface area contributed by atoms with Crippen molar-refractivity contribution in [3.05, 3.63) is 69.9 Å². The van der Waals surface area contributed by atoms with Gasteiger partial charge in [0.15, 0.2) is 28.8 Å². The maximum atomic E-state index is 15.2. The molecule has 0 heterocycles. The lowest BCUT2D eigenvalue weighted by molar-refractivity contribution is -0.178. The van der Waals surface area contributed by atoms with E-state index in [2.05, 4.69) is 12.2 Å². The van der Waals surface area contributed by atoms with Crippen LogP contribution in [0.15, 0.2) is 64.3 Å². The number of aromatic hydroxyl groups is 3. The molecule has 0 aliphatic heterocycles. The van der Waals surface area contributed by atoms with Gasteiger partial charge in [-0.25, -0.2) is 0 Å². The van der Waals surface area contributed by atoms with E-state index >= 15 is 9.59 Å². The lowest BCUT2D eigenvalue weighted by atomic mass is 9.37. The molecule has 7 nitrogen and oxygen atoms in total. The second kappa shape index (κ2) is 13.2. The molecule has 7 heteroatoms. The fraction of sp³-hybridized carbons (Fsp3) is 0.500. The van der Waals surface area contributed by atoms with Crippen LogP contribution in [0.1, 0.15) is 106 Å². The van der Waals surface area contributed by atoms with Crippen molar-refractivity contribution in [1.82, 2.24) is 0 Å². The Hall–Kier alpha value is -3.87. The Balaban J connectivity index is 2.54. The Kier molecular flexibility index (Phi) is 10.5. The predicted molar refractivity (Wildman–Crippen MR) is 178 cm³/mol. The quantitative estimate of drug-likeness (QED) is 0.0392. The van der Waals surface area contributed by atoms with Gasteiger partial charge in [-0.3, -0.25) is 14.4 Å². The van der Waals surface area contributed by atoms with Gasteiger partial charge in [-0.1, -0.05) is 53.5 Å². The van der Waals surface area contributed by atoms with Crippen molar-refractivity contribution in [3.8, 4) is 17.2 Å². The van der Waals surface area contributed by atoms with Crippen molar-refractivity contribution in [2.75, 3.05) is 0 Å². The van der Waals surface area contributed by atoms with Gasteiger partial charge < -0.3 is 20.4 Å². The van der Waals surface area contributed by atoms with Crippen molar-refractivity contribution in [3.63, 3.8) is 0 Å². The van der Waals surface area contributed by atoms with Crippen LogP contribution >= 0.6 is 0 Å². The number of carbonyl (C=O) groups is 3. The molecule has 3 rings (SSSR count). The van der Waals surface area contributed by atoms with E-state index in [0.29, 0.717) is 19.3 Å². The van der Waals surface area contributed by atoms with Crippen LogP contribution in [-0.4, -0.2) is 37.8 Å². The summed E-state index contributed by atoms with van der Waals surface area (Å²) in [4.78, 5) is 45.0. The molecule has 1 aromatic carbocycles. The third-order valence-corrected chi connectivity index (χ3v) is 9.86. The van der Waals surface area contributed by atoms with Gasteiger partial charge in [0.1, 0.15) is 22.5 Å². The minimum absolute atomic E-state index is 0.0527. The van der Waals surface area contributed by atoms with Crippen LogP contribution in [0.4, 0.5) is 0 Å². The second-order valence-corrected chi connectivity index (χ2v) is 14.2. The SMILES string of the molecule is CC(C)=CCC[C@@]1(C)[C@H](CC=C(C)C)C[C@@]2(CC=C(C)C)C(=O)/C(=C(/O)c3cc(O)c(O)cc3O)C(=O)[C@]1(CC=C(C)C)C2=O. The summed E-state index contributed by atoms with van der Waals surface area (Å²) in [5.74, 6) is -4.89. The van der Waals surface area contributed by atoms with E-state index < -0.39 is 62.2 Å². The number of phenolic OH excluding ortho intramolecular Hbond substituents is 3. The van der Waals surface area contributed by atoms with Crippen LogP contribution in [0.2, 0.25) is 0 Å². The average Bonchev–Trinajstić information content (AvgIpc) is 2.93. The molecule has 45 heavy (non-hydrogen) atoms. The fourth-order valence-corrected chi connectivity index (χ4v) is 7.20. The van der Waals surface area contributed by atoms with Crippen molar-refractivity contribution in [2.24, 2.45) is 22.2 Å². The second-order valence-electron chi connectivity index (χ2n) is 14.2. The molecular weight excluding hydrogens is 568 g/mol. The number of aliphatic hydroxyl groups excluding tert-OH is 1. The average molecular weight is 619 g/mol. The minimum atomic E-state index is -1.69. The molecule has 0 spiro atoms. The Morgan fingerprint density at radius 1 is 0.756 bits per heavy atom. The van der Waals surface area contributed by atoms with Crippen molar-refractivity contribution in [2.45, 2.75) is 101 Å². The van der Waals surface area contributed by atoms with Crippen molar-refractivity contribution < 1.29 is 34.8 Å². The van der Waals surface area contributed by atoms with E-state index in [1.54, 1.807) is 0 Å². The Morgan fingerprint density at radius 2 is 1.29 bits per heavy atom. The highest BCUT2D eigenvalue weighted by Gasteiger charge is 2.74. The molecule has 0 saturated heterocycles. The lowest BCUT2D eigenvalue weighted by Crippen LogP contribution is -2.70. The number of rotatable bonds is 10. The molecule has 2 aliphatic carbocycles. The first kappa shape index (κ1) is 35.6. The molecule has 4 atom stereocenters. The van der Waals surface area contributed by atoms with E-state index in [1.165, 1.54) is 0 Å². The number of carbonyl (C=O) groups excluding carboxylic acids is 3. The summed E-state index contributed by atoms with van der Waals surface area (Å²) in [7, 11) is 0. The summed E-state index contributed by atoms with van der Waals surface area (Å²) < 4.78 is 0. The predicted octanol–water partition coefficient (Wildman–Crippen LogP) is 8.61. The largest absolute Gasteiger partial charge is 0.507 e. The van der Waals surface area contributed by atoms with Crippen LogP contribution in [0, 0.1) is 22.2 Å². The number of hydrogen-bond acceptors (Lipinski definition) is 7. The maximum absolute atomic E-state index is 15.2. The van der Waals surface area contributed by atoms with Crippen LogP contribution < -0.4 is 0 Å². The van der Waals surface area contributed by atoms with Gasteiger partial charge in [-0.05, 0) is 111 Å². The molecule has 1 aromatic rings. The van der Waals surface area contributed by atoms with Gasteiger partial charge in [0.2, 0.25) is 0 Å². The highest BCUT2D eigenvalue weighted by Crippen LogP contribution is 2.67. The van der Waals surface area contributed by atoms with Gasteiger partial charge in [0.05, 0.1) is 11.0 Å². The fourth-order valence-electron chi connectivity index (χ4n) is 7.20. The number of aliphatic hydroxyl groups is 1. The van der Waals surface area contributed by atoms with Gasteiger partial charge >= 0.3 is 0 Å². The van der Waals surface area contributed by atoms with Crippen molar-refractivity contribution in [1.29, 1.82) is 0 Å². The number of allylic oxidation sites excluding steroid dienone is 9. The minimum Gasteiger partial charge on any atom is -0.507 e. The van der Waals surface area contributed by atoms with Crippen molar-refractivity contribution >= 4 is 23.1 Å². The Bertz CT molecular complexity index is 1540. The summed E-state index contributed by atoms with van der Waals surface area (Å²) in [6.07, 6.45) is 9.93. The number of benzene rings is 1. The van der Waals surface area contributed by atoms with Gasteiger partial charge in [-0.15, -0.1) is 0 Å². The summed E-state index contributed by atoms with van der Waals surface area (Å²) >= 11 is 0. The topological polar surface area (TPSA) is 132 Å². The van der Waals surface area contributed by atoms with E-state index in [9.17, 15) is 25.2 Å². The number of ketones is 3. The monoisotopic (exact) mass is 618 g/mol. The van der Waals surface area contributed by atoms with Gasteiger partial charge in [0.25, 0.3) is 0 Å². The highest BCUT2D eigenvalue weighted by atomic mass is 16.3. The number of phenols is 3. The van der Waals surface area contributed by atoms with Crippen LogP contribution in [0.3, 0.4) is 0 Å². The smallest absolute Gasteiger partial charge is 0.184 e. The standard InChI is InChI=1S/C38H50O7/c1-22(2)11-10-16-36(9)26(13-12-23(3)4)21-37(17-14-24(5)6)33(43)31(32(42)27-19-29(40)30(41)20-28(27)39)34(44)38(36,35(37)45)18-15-25(7)8/h11-12,14-15,19-20,26,39-42H,10,13,16-18,21H2,1-9H3/b32-31-/t26-,36+,37+,38-/m1/s1.